The summed E-state index contributed by atoms with van der Waals surface area (Å²) in [6.45, 7) is 0.460. The molecule has 0 atom stereocenters. The van der Waals surface area contributed by atoms with E-state index in [1.165, 1.54) is 0 Å². The Kier molecular flexibility index (Phi) is 4.27. The summed E-state index contributed by atoms with van der Waals surface area (Å²) in [6.07, 6.45) is 2.39. The standard InChI is InChI=1S/C13H16ClN3O2/c14-10-3-1-9(2-4-10)13(18)17(11-5-6-11)8-7-12(15)16-19/h1-4,11,19H,5-8H2,(H2,15,16). The van der Waals surface area contributed by atoms with Crippen molar-refractivity contribution in [2.45, 2.75) is 25.3 Å². The molecule has 1 amide bonds. The van der Waals surface area contributed by atoms with Crippen molar-refractivity contribution in [3.05, 3.63) is 34.9 Å². The highest BCUT2D eigenvalue weighted by Crippen LogP contribution is 2.28. The predicted octanol–water partition coefficient (Wildman–Crippen LogP) is 2.08. The van der Waals surface area contributed by atoms with Crippen molar-refractivity contribution < 1.29 is 10.0 Å². The first kappa shape index (κ1) is 13.7. The van der Waals surface area contributed by atoms with Gasteiger partial charge in [-0.05, 0) is 37.1 Å². The molecule has 6 heteroatoms. The molecular formula is C13H16ClN3O2. The zero-order chi connectivity index (χ0) is 13.8. The van der Waals surface area contributed by atoms with Crippen LogP contribution in [-0.2, 0) is 0 Å². The van der Waals surface area contributed by atoms with Gasteiger partial charge >= 0.3 is 0 Å². The van der Waals surface area contributed by atoms with Gasteiger partial charge in [-0.3, -0.25) is 4.79 Å². The molecule has 1 aromatic carbocycles. The molecule has 0 aliphatic heterocycles. The zero-order valence-electron chi connectivity index (χ0n) is 10.4. The number of halogens is 1. The van der Waals surface area contributed by atoms with Gasteiger partial charge in [0.1, 0.15) is 5.84 Å². The van der Waals surface area contributed by atoms with Crippen LogP contribution in [0.4, 0.5) is 0 Å². The Bertz CT molecular complexity index is 483. The third kappa shape index (κ3) is 3.61. The summed E-state index contributed by atoms with van der Waals surface area (Å²) in [6, 6.07) is 7.09. The zero-order valence-corrected chi connectivity index (χ0v) is 11.2. The summed E-state index contributed by atoms with van der Waals surface area (Å²) in [7, 11) is 0. The van der Waals surface area contributed by atoms with E-state index < -0.39 is 0 Å². The van der Waals surface area contributed by atoms with Crippen LogP contribution in [-0.4, -0.2) is 34.4 Å². The van der Waals surface area contributed by atoms with Crippen molar-refractivity contribution in [3.8, 4) is 0 Å². The van der Waals surface area contributed by atoms with Crippen molar-refractivity contribution in [3.63, 3.8) is 0 Å². The van der Waals surface area contributed by atoms with Gasteiger partial charge in [0.2, 0.25) is 0 Å². The van der Waals surface area contributed by atoms with Crippen LogP contribution >= 0.6 is 11.6 Å². The minimum Gasteiger partial charge on any atom is -0.409 e. The molecule has 102 valence electrons. The van der Waals surface area contributed by atoms with Crippen molar-refractivity contribution >= 4 is 23.3 Å². The first-order valence-electron chi connectivity index (χ1n) is 6.14. The Morgan fingerprint density at radius 3 is 2.58 bits per heavy atom. The lowest BCUT2D eigenvalue weighted by atomic mass is 10.2. The molecule has 1 aliphatic rings. The smallest absolute Gasteiger partial charge is 0.254 e. The van der Waals surface area contributed by atoms with Crippen LogP contribution in [0.15, 0.2) is 29.4 Å². The lowest BCUT2D eigenvalue weighted by Crippen LogP contribution is -2.35. The molecule has 0 heterocycles. The molecular weight excluding hydrogens is 266 g/mol. The maximum absolute atomic E-state index is 12.4. The van der Waals surface area contributed by atoms with Gasteiger partial charge in [-0.25, -0.2) is 0 Å². The van der Waals surface area contributed by atoms with E-state index in [-0.39, 0.29) is 17.8 Å². The summed E-state index contributed by atoms with van der Waals surface area (Å²) in [5, 5.41) is 12.1. The van der Waals surface area contributed by atoms with E-state index in [1.807, 2.05) is 0 Å². The van der Waals surface area contributed by atoms with Gasteiger partial charge in [0, 0.05) is 29.6 Å². The predicted molar refractivity (Wildman–Crippen MR) is 73.5 cm³/mol. The Balaban J connectivity index is 2.06. The molecule has 0 radical (unpaired) electrons. The molecule has 0 spiro atoms. The Hall–Kier alpha value is -1.75. The number of oxime groups is 1. The minimum atomic E-state index is -0.0371. The fraction of sp³-hybridized carbons (Fsp3) is 0.385. The Morgan fingerprint density at radius 2 is 2.05 bits per heavy atom. The van der Waals surface area contributed by atoms with E-state index in [0.29, 0.717) is 23.6 Å². The van der Waals surface area contributed by atoms with E-state index in [9.17, 15) is 4.79 Å². The molecule has 0 unspecified atom stereocenters. The van der Waals surface area contributed by atoms with E-state index in [0.717, 1.165) is 12.8 Å². The van der Waals surface area contributed by atoms with E-state index in [4.69, 9.17) is 22.5 Å². The number of nitrogens with zero attached hydrogens (tertiary/aromatic N) is 2. The molecule has 1 aliphatic carbocycles. The number of amides is 1. The van der Waals surface area contributed by atoms with Crippen molar-refractivity contribution in [1.82, 2.24) is 4.90 Å². The van der Waals surface area contributed by atoms with Crippen LogP contribution in [0.1, 0.15) is 29.6 Å². The molecule has 2 rings (SSSR count). The van der Waals surface area contributed by atoms with Gasteiger partial charge in [-0.1, -0.05) is 16.8 Å². The lowest BCUT2D eigenvalue weighted by Gasteiger charge is -2.22. The van der Waals surface area contributed by atoms with Crippen LogP contribution in [0.5, 0.6) is 0 Å². The SMILES string of the molecule is NC(CCN(C(=O)c1ccc(Cl)cc1)C1CC1)=NO. The van der Waals surface area contributed by atoms with Crippen molar-refractivity contribution in [1.29, 1.82) is 0 Å². The molecule has 0 saturated heterocycles. The third-order valence-electron chi connectivity index (χ3n) is 3.08. The fourth-order valence-corrected chi connectivity index (χ4v) is 2.01. The monoisotopic (exact) mass is 281 g/mol. The van der Waals surface area contributed by atoms with Crippen LogP contribution in [0.25, 0.3) is 0 Å². The molecule has 19 heavy (non-hydrogen) atoms. The topological polar surface area (TPSA) is 78.9 Å². The largest absolute Gasteiger partial charge is 0.409 e. The summed E-state index contributed by atoms with van der Waals surface area (Å²) >= 11 is 5.81. The van der Waals surface area contributed by atoms with Gasteiger partial charge in [0.15, 0.2) is 0 Å². The minimum absolute atomic E-state index is 0.0371. The maximum atomic E-state index is 12.4. The first-order chi connectivity index (χ1) is 9.11. The summed E-state index contributed by atoms with van der Waals surface area (Å²) in [4.78, 5) is 14.2. The number of amidine groups is 1. The average Bonchev–Trinajstić information content (AvgIpc) is 3.24. The van der Waals surface area contributed by atoms with Crippen molar-refractivity contribution in [2.75, 3.05) is 6.54 Å². The fourth-order valence-electron chi connectivity index (χ4n) is 1.88. The van der Waals surface area contributed by atoms with Crippen LogP contribution in [0, 0.1) is 0 Å². The Morgan fingerprint density at radius 1 is 1.42 bits per heavy atom. The molecule has 1 fully saturated rings. The van der Waals surface area contributed by atoms with E-state index in [1.54, 1.807) is 29.2 Å². The number of carbonyl (C=O) groups excluding carboxylic acids is 1. The van der Waals surface area contributed by atoms with E-state index in [2.05, 4.69) is 5.16 Å². The van der Waals surface area contributed by atoms with E-state index >= 15 is 0 Å². The quantitative estimate of drug-likeness (QED) is 0.375. The Labute approximate surface area is 116 Å². The third-order valence-corrected chi connectivity index (χ3v) is 3.33. The van der Waals surface area contributed by atoms with Gasteiger partial charge < -0.3 is 15.8 Å². The molecule has 3 N–H and O–H groups in total. The number of rotatable bonds is 5. The second kappa shape index (κ2) is 5.93. The van der Waals surface area contributed by atoms with Gasteiger partial charge in [-0.2, -0.15) is 0 Å². The first-order valence-corrected chi connectivity index (χ1v) is 6.52. The highest BCUT2D eigenvalue weighted by atomic mass is 35.5. The number of benzene rings is 1. The molecule has 0 aromatic heterocycles. The second-order valence-electron chi connectivity index (χ2n) is 4.58. The summed E-state index contributed by atoms with van der Waals surface area (Å²) < 4.78 is 0. The van der Waals surface area contributed by atoms with Gasteiger partial charge in [-0.15, -0.1) is 0 Å². The molecule has 1 saturated carbocycles. The average molecular weight is 282 g/mol. The molecule has 0 bridgehead atoms. The molecule has 5 nitrogen and oxygen atoms in total. The number of nitrogens with two attached hydrogens (primary N) is 1. The summed E-state index contributed by atoms with van der Waals surface area (Å²) in [5.41, 5.74) is 6.05. The normalized spacial score (nSPS) is 15.3. The summed E-state index contributed by atoms with van der Waals surface area (Å²) in [5.74, 6) is 0.0967. The van der Waals surface area contributed by atoms with Crippen molar-refractivity contribution in [2.24, 2.45) is 10.9 Å². The van der Waals surface area contributed by atoms with Gasteiger partial charge in [0.05, 0.1) is 0 Å². The second-order valence-corrected chi connectivity index (χ2v) is 5.01. The van der Waals surface area contributed by atoms with Crippen LogP contribution in [0.2, 0.25) is 5.02 Å². The van der Waals surface area contributed by atoms with Crippen LogP contribution < -0.4 is 5.73 Å². The number of hydrogen-bond acceptors (Lipinski definition) is 3. The van der Waals surface area contributed by atoms with Crippen LogP contribution in [0.3, 0.4) is 0 Å². The lowest BCUT2D eigenvalue weighted by molar-refractivity contribution is 0.0747. The number of carbonyl (C=O) groups is 1. The molecule has 1 aromatic rings. The van der Waals surface area contributed by atoms with Gasteiger partial charge in [0.25, 0.3) is 5.91 Å². The number of hydrogen-bond donors (Lipinski definition) is 2. The highest BCUT2D eigenvalue weighted by molar-refractivity contribution is 6.30. The maximum Gasteiger partial charge on any atom is 0.254 e. The highest BCUT2D eigenvalue weighted by Gasteiger charge is 2.32.